The molecule has 0 aliphatic rings. The summed E-state index contributed by atoms with van der Waals surface area (Å²) in [6, 6.07) is 5.63. The Labute approximate surface area is 110 Å². The van der Waals surface area contributed by atoms with Gasteiger partial charge >= 0.3 is 0 Å². The summed E-state index contributed by atoms with van der Waals surface area (Å²) >= 11 is 0. The Bertz CT molecular complexity index is 677. The summed E-state index contributed by atoms with van der Waals surface area (Å²) in [5, 5.41) is 4.28. The van der Waals surface area contributed by atoms with Crippen LogP contribution in [0.1, 0.15) is 0 Å². The zero-order chi connectivity index (χ0) is 13.1. The number of aromatic nitrogens is 4. The minimum absolute atomic E-state index is 0.704. The quantitative estimate of drug-likeness (QED) is 0.690. The van der Waals surface area contributed by atoms with Crippen molar-refractivity contribution in [3.05, 3.63) is 43.2 Å². The summed E-state index contributed by atoms with van der Waals surface area (Å²) in [5.41, 5.74) is 7.30. The average molecular weight is 254 g/mol. The second-order valence-electron chi connectivity index (χ2n) is 4.23. The molecule has 0 spiro atoms. The number of anilines is 2. The molecule has 3 aromatic rings. The summed E-state index contributed by atoms with van der Waals surface area (Å²) in [7, 11) is 0. The molecule has 96 valence electrons. The molecule has 0 radical (unpaired) electrons. The number of nitrogens with zero attached hydrogens (tertiary/aromatic N) is 4. The van der Waals surface area contributed by atoms with Crippen molar-refractivity contribution >= 4 is 22.4 Å². The van der Waals surface area contributed by atoms with E-state index in [0.29, 0.717) is 5.69 Å². The van der Waals surface area contributed by atoms with Gasteiger partial charge in [-0.3, -0.25) is 0 Å². The number of hydrogen-bond acceptors (Lipinski definition) is 5. The molecule has 1 aromatic carbocycles. The van der Waals surface area contributed by atoms with Crippen molar-refractivity contribution in [3.63, 3.8) is 0 Å². The van der Waals surface area contributed by atoms with Crippen LogP contribution in [0, 0.1) is 0 Å². The minimum Gasteiger partial charge on any atom is -0.399 e. The number of nitrogens with one attached hydrogen (secondary N) is 1. The lowest BCUT2D eigenvalue weighted by Gasteiger charge is -2.08. The third-order valence-corrected chi connectivity index (χ3v) is 2.88. The maximum absolute atomic E-state index is 5.75. The zero-order valence-electron chi connectivity index (χ0n) is 10.3. The maximum atomic E-state index is 5.75. The van der Waals surface area contributed by atoms with Gasteiger partial charge in [0.15, 0.2) is 0 Å². The second-order valence-corrected chi connectivity index (χ2v) is 4.23. The van der Waals surface area contributed by atoms with E-state index in [9.17, 15) is 0 Å². The van der Waals surface area contributed by atoms with Crippen molar-refractivity contribution in [2.75, 3.05) is 17.6 Å². The van der Waals surface area contributed by atoms with E-state index in [1.54, 1.807) is 18.9 Å². The smallest absolute Gasteiger partial charge is 0.137 e. The molecule has 0 atom stereocenters. The summed E-state index contributed by atoms with van der Waals surface area (Å²) < 4.78 is 2.01. The standard InChI is InChI=1S/C13H14N6/c14-10-1-2-11-12(7-10)17-8-18-13(11)16-4-6-19-5-3-15-9-19/h1-3,5,7-9H,4,6,14H2,(H,16,17,18). The van der Waals surface area contributed by atoms with E-state index in [-0.39, 0.29) is 0 Å². The molecule has 6 heteroatoms. The van der Waals surface area contributed by atoms with Gasteiger partial charge in [0.1, 0.15) is 12.1 Å². The van der Waals surface area contributed by atoms with Crippen molar-refractivity contribution in [1.29, 1.82) is 0 Å². The highest BCUT2D eigenvalue weighted by molar-refractivity contribution is 5.90. The highest BCUT2D eigenvalue weighted by Crippen LogP contribution is 2.20. The number of nitrogen functional groups attached to an aromatic ring is 1. The van der Waals surface area contributed by atoms with Crippen molar-refractivity contribution in [1.82, 2.24) is 19.5 Å². The fraction of sp³-hybridized carbons (Fsp3) is 0.154. The van der Waals surface area contributed by atoms with Crippen LogP contribution in [-0.2, 0) is 6.54 Å². The summed E-state index contributed by atoms with van der Waals surface area (Å²) in [6.07, 6.45) is 7.03. The zero-order valence-corrected chi connectivity index (χ0v) is 10.3. The van der Waals surface area contributed by atoms with Crippen LogP contribution < -0.4 is 11.1 Å². The van der Waals surface area contributed by atoms with E-state index >= 15 is 0 Å². The largest absolute Gasteiger partial charge is 0.399 e. The Balaban J connectivity index is 1.77. The highest BCUT2D eigenvalue weighted by atomic mass is 15.1. The lowest BCUT2D eigenvalue weighted by molar-refractivity contribution is 0.725. The molecule has 3 rings (SSSR count). The van der Waals surface area contributed by atoms with Crippen LogP contribution in [0.15, 0.2) is 43.2 Å². The van der Waals surface area contributed by atoms with Crippen LogP contribution in [-0.4, -0.2) is 26.1 Å². The van der Waals surface area contributed by atoms with Crippen LogP contribution in [0.5, 0.6) is 0 Å². The lowest BCUT2D eigenvalue weighted by atomic mass is 10.2. The van der Waals surface area contributed by atoms with Gasteiger partial charge in [0.2, 0.25) is 0 Å². The topological polar surface area (TPSA) is 81.6 Å². The molecule has 0 fully saturated rings. The van der Waals surface area contributed by atoms with E-state index in [4.69, 9.17) is 5.73 Å². The molecule has 0 unspecified atom stereocenters. The van der Waals surface area contributed by atoms with Crippen molar-refractivity contribution in [2.24, 2.45) is 0 Å². The average Bonchev–Trinajstić information content (AvgIpc) is 2.92. The first-order chi connectivity index (χ1) is 9.33. The predicted octanol–water partition coefficient (Wildman–Crippen LogP) is 1.52. The highest BCUT2D eigenvalue weighted by Gasteiger charge is 2.03. The molecule has 0 saturated carbocycles. The third kappa shape index (κ3) is 2.47. The normalized spacial score (nSPS) is 10.7. The summed E-state index contributed by atoms with van der Waals surface area (Å²) in [4.78, 5) is 12.5. The molecule has 6 nitrogen and oxygen atoms in total. The molecule has 0 amide bonds. The molecule has 0 bridgehead atoms. The molecular formula is C13H14N6. The number of imidazole rings is 1. The van der Waals surface area contributed by atoms with Gasteiger partial charge in [-0.05, 0) is 18.2 Å². The SMILES string of the molecule is Nc1ccc2c(NCCn3ccnc3)ncnc2c1. The van der Waals surface area contributed by atoms with Crippen LogP contribution >= 0.6 is 0 Å². The minimum atomic E-state index is 0.704. The van der Waals surface area contributed by atoms with Crippen LogP contribution in [0.25, 0.3) is 10.9 Å². The van der Waals surface area contributed by atoms with Gasteiger partial charge in [0.25, 0.3) is 0 Å². The predicted molar refractivity (Wildman–Crippen MR) is 74.7 cm³/mol. The number of rotatable bonds is 4. The number of nitrogens with two attached hydrogens (primary N) is 1. The van der Waals surface area contributed by atoms with E-state index < -0.39 is 0 Å². The van der Waals surface area contributed by atoms with Gasteiger partial charge in [-0.25, -0.2) is 15.0 Å². The molecule has 0 aliphatic heterocycles. The van der Waals surface area contributed by atoms with Gasteiger partial charge in [0, 0.05) is 36.6 Å². The van der Waals surface area contributed by atoms with E-state index in [2.05, 4.69) is 20.3 Å². The second kappa shape index (κ2) is 4.93. The summed E-state index contributed by atoms with van der Waals surface area (Å²) in [6.45, 7) is 1.60. The molecule has 2 heterocycles. The van der Waals surface area contributed by atoms with Crippen LogP contribution in [0.2, 0.25) is 0 Å². The molecule has 0 saturated heterocycles. The Morgan fingerprint density at radius 3 is 3.05 bits per heavy atom. The van der Waals surface area contributed by atoms with Gasteiger partial charge in [-0.1, -0.05) is 0 Å². The van der Waals surface area contributed by atoms with Crippen LogP contribution in [0.3, 0.4) is 0 Å². The van der Waals surface area contributed by atoms with E-state index in [1.165, 1.54) is 0 Å². The van der Waals surface area contributed by atoms with E-state index in [0.717, 1.165) is 29.8 Å². The molecule has 0 aliphatic carbocycles. The van der Waals surface area contributed by atoms with Crippen LogP contribution in [0.4, 0.5) is 11.5 Å². The Morgan fingerprint density at radius 2 is 2.21 bits per heavy atom. The fourth-order valence-corrected chi connectivity index (χ4v) is 1.94. The fourth-order valence-electron chi connectivity index (χ4n) is 1.94. The van der Waals surface area contributed by atoms with E-state index in [1.807, 2.05) is 29.0 Å². The maximum Gasteiger partial charge on any atom is 0.137 e. The van der Waals surface area contributed by atoms with Crippen molar-refractivity contribution in [2.45, 2.75) is 6.54 Å². The molecular weight excluding hydrogens is 240 g/mol. The van der Waals surface area contributed by atoms with Crippen molar-refractivity contribution in [3.8, 4) is 0 Å². The van der Waals surface area contributed by atoms with Gasteiger partial charge in [-0.15, -0.1) is 0 Å². The molecule has 19 heavy (non-hydrogen) atoms. The first-order valence-electron chi connectivity index (χ1n) is 6.03. The summed E-state index contributed by atoms with van der Waals surface area (Å²) in [5.74, 6) is 0.824. The number of fused-ring (bicyclic) bond motifs is 1. The Kier molecular flexibility index (Phi) is 2.97. The lowest BCUT2D eigenvalue weighted by Crippen LogP contribution is -2.10. The third-order valence-electron chi connectivity index (χ3n) is 2.88. The Hall–Kier alpha value is -2.63. The molecule has 3 N–H and O–H groups in total. The number of benzene rings is 1. The van der Waals surface area contributed by atoms with Gasteiger partial charge < -0.3 is 15.6 Å². The monoisotopic (exact) mass is 254 g/mol. The first-order valence-corrected chi connectivity index (χ1v) is 6.03. The van der Waals surface area contributed by atoms with Crippen molar-refractivity contribution < 1.29 is 0 Å². The Morgan fingerprint density at radius 1 is 1.26 bits per heavy atom. The van der Waals surface area contributed by atoms with Gasteiger partial charge in [0.05, 0.1) is 11.8 Å². The first kappa shape index (κ1) is 11.5. The molecule has 2 aromatic heterocycles. The van der Waals surface area contributed by atoms with Gasteiger partial charge in [-0.2, -0.15) is 0 Å². The number of hydrogen-bond donors (Lipinski definition) is 2.